The predicted molar refractivity (Wildman–Crippen MR) is 105 cm³/mol. The minimum absolute atomic E-state index is 0.0879. The number of rotatable bonds is 6. The Morgan fingerprint density at radius 2 is 0.821 bits per heavy atom. The van der Waals surface area contributed by atoms with E-state index in [0.29, 0.717) is 10.7 Å². The molecule has 0 unspecified atom stereocenters. The summed E-state index contributed by atoms with van der Waals surface area (Å²) in [6, 6.07) is 18.4. The Balaban J connectivity index is 2.22. The molecule has 140 valence electrons. The molecule has 0 spiro atoms. The van der Waals surface area contributed by atoms with Crippen LogP contribution in [0.1, 0.15) is 0 Å². The van der Waals surface area contributed by atoms with Gasteiger partial charge in [0, 0.05) is 0 Å². The Morgan fingerprint density at radius 1 is 0.536 bits per heavy atom. The van der Waals surface area contributed by atoms with E-state index in [1.165, 1.54) is 36.4 Å². The first kappa shape index (κ1) is 19.4. The minimum atomic E-state index is -3.34. The van der Waals surface area contributed by atoms with E-state index in [1.807, 2.05) is 0 Å². The summed E-state index contributed by atoms with van der Waals surface area (Å²) in [6.45, 7) is 0. The summed E-state index contributed by atoms with van der Waals surface area (Å²) in [4.78, 5) is 32.0. The standard InChI is InChI=1S/3C6H4NO2.Sn.H/c3*8-7(9)6-4-2-1-3-5-6;;/h3*1-2,4-5H;;. The van der Waals surface area contributed by atoms with Crippen LogP contribution in [0, 0.1) is 30.3 Å². The first-order valence-electron chi connectivity index (χ1n) is 8.10. The second-order valence-electron chi connectivity index (χ2n) is 5.99. The SMILES string of the molecule is O=[N+]([O-])c1ccc[c]([SnH]([c]2cccc([N+](=O)[O-])c2)[c]2cccc([N+](=O)[O-])c2)c1. The van der Waals surface area contributed by atoms with Gasteiger partial charge in [-0.15, -0.1) is 0 Å². The van der Waals surface area contributed by atoms with Gasteiger partial charge in [0.15, 0.2) is 0 Å². The maximum absolute atomic E-state index is 11.2. The second-order valence-corrected chi connectivity index (χ2v) is 14.2. The van der Waals surface area contributed by atoms with Crippen LogP contribution in [0.4, 0.5) is 17.1 Å². The Labute approximate surface area is 165 Å². The van der Waals surface area contributed by atoms with Crippen LogP contribution in [-0.2, 0) is 0 Å². The fourth-order valence-corrected chi connectivity index (χ4v) is 11.8. The molecular formula is C18H13N3O6Sn. The monoisotopic (exact) mass is 487 g/mol. The molecule has 0 aliphatic carbocycles. The van der Waals surface area contributed by atoms with Crippen LogP contribution in [-0.4, -0.2) is 34.5 Å². The third-order valence-electron chi connectivity index (χ3n) is 4.24. The van der Waals surface area contributed by atoms with Gasteiger partial charge in [-0.2, -0.15) is 0 Å². The van der Waals surface area contributed by atoms with Gasteiger partial charge >= 0.3 is 165 Å². The van der Waals surface area contributed by atoms with Crippen molar-refractivity contribution in [3.8, 4) is 0 Å². The van der Waals surface area contributed by atoms with E-state index < -0.39 is 34.5 Å². The molecule has 0 aliphatic heterocycles. The molecule has 0 saturated heterocycles. The average Bonchev–Trinajstić information content (AvgIpc) is 2.69. The zero-order valence-corrected chi connectivity index (χ0v) is 17.6. The van der Waals surface area contributed by atoms with Gasteiger partial charge in [0.25, 0.3) is 0 Å². The van der Waals surface area contributed by atoms with Crippen LogP contribution in [0.5, 0.6) is 0 Å². The van der Waals surface area contributed by atoms with Gasteiger partial charge in [0.2, 0.25) is 0 Å². The zero-order chi connectivity index (χ0) is 20.3. The number of hydrogen-bond acceptors (Lipinski definition) is 6. The van der Waals surface area contributed by atoms with Gasteiger partial charge in [-0.05, 0) is 0 Å². The van der Waals surface area contributed by atoms with Crippen molar-refractivity contribution in [3.05, 3.63) is 103 Å². The molecule has 0 aromatic heterocycles. The van der Waals surface area contributed by atoms with Crippen molar-refractivity contribution in [1.29, 1.82) is 0 Å². The summed E-state index contributed by atoms with van der Waals surface area (Å²) < 4.78 is 2.12. The number of nitro groups is 3. The predicted octanol–water partition coefficient (Wildman–Crippen LogP) is 1.66. The summed E-state index contributed by atoms with van der Waals surface area (Å²) in [5, 5.41) is 33.6. The number of hydrogen-bond donors (Lipinski definition) is 0. The average molecular weight is 486 g/mol. The van der Waals surface area contributed by atoms with Gasteiger partial charge in [0.1, 0.15) is 0 Å². The number of nitro benzene ring substituents is 3. The van der Waals surface area contributed by atoms with Crippen molar-refractivity contribution < 1.29 is 14.8 Å². The van der Waals surface area contributed by atoms with E-state index in [-0.39, 0.29) is 17.1 Å². The van der Waals surface area contributed by atoms with Crippen molar-refractivity contribution in [2.45, 2.75) is 0 Å². The molecule has 0 heterocycles. The first-order chi connectivity index (χ1) is 13.4. The molecule has 0 amide bonds. The summed E-state index contributed by atoms with van der Waals surface area (Å²) in [6.07, 6.45) is 0. The van der Waals surface area contributed by atoms with Gasteiger partial charge < -0.3 is 0 Å². The molecule has 3 aromatic carbocycles. The van der Waals surface area contributed by atoms with Gasteiger partial charge in [-0.3, -0.25) is 0 Å². The van der Waals surface area contributed by atoms with Gasteiger partial charge in [0.05, 0.1) is 0 Å². The van der Waals surface area contributed by atoms with Crippen molar-refractivity contribution in [2.24, 2.45) is 0 Å². The molecule has 9 nitrogen and oxygen atoms in total. The molecule has 10 heteroatoms. The molecule has 0 fully saturated rings. The van der Waals surface area contributed by atoms with Gasteiger partial charge in [-0.25, -0.2) is 0 Å². The Bertz CT molecular complexity index is 951. The molecule has 0 aliphatic rings. The van der Waals surface area contributed by atoms with E-state index in [1.54, 1.807) is 36.4 Å². The zero-order valence-electron chi connectivity index (χ0n) is 14.3. The van der Waals surface area contributed by atoms with E-state index >= 15 is 0 Å². The van der Waals surface area contributed by atoms with Crippen LogP contribution < -0.4 is 10.7 Å². The van der Waals surface area contributed by atoms with Crippen molar-refractivity contribution in [1.82, 2.24) is 0 Å². The molecule has 0 atom stereocenters. The third-order valence-corrected chi connectivity index (χ3v) is 13.0. The fourth-order valence-electron chi connectivity index (χ4n) is 3.03. The normalized spacial score (nSPS) is 10.6. The Morgan fingerprint density at radius 3 is 1.07 bits per heavy atom. The van der Waals surface area contributed by atoms with Crippen molar-refractivity contribution >= 4 is 47.6 Å². The summed E-state index contributed by atoms with van der Waals surface area (Å²) in [5.41, 5.74) is -0.264. The topological polar surface area (TPSA) is 129 Å². The second kappa shape index (κ2) is 8.13. The molecular weight excluding hydrogens is 473 g/mol. The van der Waals surface area contributed by atoms with Crippen LogP contribution in [0.2, 0.25) is 0 Å². The molecule has 0 bridgehead atoms. The molecule has 0 saturated carbocycles. The Kier molecular flexibility index (Phi) is 5.64. The molecule has 3 aromatic rings. The van der Waals surface area contributed by atoms with Crippen molar-refractivity contribution in [2.75, 3.05) is 0 Å². The van der Waals surface area contributed by atoms with Crippen LogP contribution in [0.15, 0.2) is 72.8 Å². The summed E-state index contributed by atoms with van der Waals surface area (Å²) in [5.74, 6) is 0. The quantitative estimate of drug-likeness (QED) is 0.296. The molecule has 0 radical (unpaired) electrons. The fraction of sp³-hybridized carbons (Fsp3) is 0. The number of non-ortho nitro benzene ring substituents is 3. The van der Waals surface area contributed by atoms with E-state index in [9.17, 15) is 30.3 Å². The summed E-state index contributed by atoms with van der Waals surface area (Å²) in [7, 11) is 0. The third kappa shape index (κ3) is 4.14. The van der Waals surface area contributed by atoms with E-state index in [2.05, 4.69) is 0 Å². The molecule has 0 N–H and O–H groups in total. The number of benzene rings is 3. The van der Waals surface area contributed by atoms with Crippen LogP contribution >= 0.6 is 0 Å². The van der Waals surface area contributed by atoms with Crippen LogP contribution in [0.3, 0.4) is 0 Å². The number of nitrogens with zero attached hydrogens (tertiary/aromatic N) is 3. The molecule has 3 rings (SSSR count). The summed E-state index contributed by atoms with van der Waals surface area (Å²) >= 11 is -3.34. The van der Waals surface area contributed by atoms with Crippen molar-refractivity contribution in [3.63, 3.8) is 0 Å². The maximum atomic E-state index is 11.2. The first-order valence-corrected chi connectivity index (χ1v) is 13.0. The van der Waals surface area contributed by atoms with Crippen LogP contribution in [0.25, 0.3) is 0 Å². The van der Waals surface area contributed by atoms with Gasteiger partial charge in [-0.1, -0.05) is 0 Å². The van der Waals surface area contributed by atoms with E-state index in [4.69, 9.17) is 0 Å². The Hall–Kier alpha value is -3.34. The van der Waals surface area contributed by atoms with E-state index in [0.717, 1.165) is 0 Å². The molecule has 28 heavy (non-hydrogen) atoms.